The van der Waals surface area contributed by atoms with E-state index in [2.05, 4.69) is 10.3 Å². The molecule has 8 atom stereocenters. The van der Waals surface area contributed by atoms with Crippen molar-refractivity contribution in [1.29, 1.82) is 0 Å². The number of carboxylic acid groups (broad SMARTS) is 1. The number of hydrogen-bond acceptors (Lipinski definition) is 10. The van der Waals surface area contributed by atoms with Crippen molar-refractivity contribution < 1.29 is 38.6 Å². The maximum Gasteiger partial charge on any atom is 0.338 e. The summed E-state index contributed by atoms with van der Waals surface area (Å²) < 4.78 is 10.7. The van der Waals surface area contributed by atoms with E-state index in [0.717, 1.165) is 31.7 Å². The summed E-state index contributed by atoms with van der Waals surface area (Å²) in [5.41, 5.74) is 1.81. The Balaban J connectivity index is 1.08. The molecule has 1 aromatic heterocycles. The average molecular weight is 706 g/mol. The zero-order valence-electron chi connectivity index (χ0n) is 26.9. The van der Waals surface area contributed by atoms with Gasteiger partial charge in [-0.05, 0) is 79.0 Å². The number of imide groups is 1. The Bertz CT molecular complexity index is 1890. The van der Waals surface area contributed by atoms with Gasteiger partial charge in [0.1, 0.15) is 11.8 Å². The lowest BCUT2D eigenvalue weighted by Gasteiger charge is -2.43. The van der Waals surface area contributed by atoms with E-state index in [4.69, 9.17) is 9.47 Å². The number of aromatic amines is 1. The van der Waals surface area contributed by atoms with Gasteiger partial charge in [-0.3, -0.25) is 24.1 Å². The summed E-state index contributed by atoms with van der Waals surface area (Å²) >= 11 is 2.72. The van der Waals surface area contributed by atoms with E-state index in [1.165, 1.54) is 0 Å². The predicted octanol–water partition coefficient (Wildman–Crippen LogP) is 4.21. The Morgan fingerprint density at radius 3 is 2.31 bits per heavy atom. The molecule has 49 heavy (non-hydrogen) atoms. The topological polar surface area (TPSA) is 172 Å². The summed E-state index contributed by atoms with van der Waals surface area (Å²) in [4.78, 5) is 81.5. The van der Waals surface area contributed by atoms with Gasteiger partial charge in [-0.2, -0.15) is 0 Å². The van der Waals surface area contributed by atoms with Crippen LogP contribution in [0.1, 0.15) is 53.9 Å². The second kappa shape index (κ2) is 12.8. The van der Waals surface area contributed by atoms with Crippen LogP contribution in [-0.4, -0.2) is 69.2 Å². The smallest absolute Gasteiger partial charge is 0.338 e. The molecule has 256 valence electrons. The summed E-state index contributed by atoms with van der Waals surface area (Å²) in [6.45, 7) is 5.15. The van der Waals surface area contributed by atoms with Gasteiger partial charge in [-0.25, -0.2) is 9.59 Å². The first kappa shape index (κ1) is 33.1. The number of thiazole rings is 1. The molecule has 0 radical (unpaired) electrons. The van der Waals surface area contributed by atoms with Gasteiger partial charge < -0.3 is 24.9 Å². The molecule has 3 aromatic rings. The number of carbonyl (C=O) groups excluding carboxylic acids is 4. The van der Waals surface area contributed by atoms with Crippen LogP contribution in [-0.2, 0) is 23.9 Å². The molecular weight excluding hydrogens is 671 g/mol. The molecule has 14 heteroatoms. The molecule has 3 amide bonds. The number of aliphatic carboxylic acids is 1. The number of likely N-dealkylation sites (tertiary alicyclic amines) is 1. The summed E-state index contributed by atoms with van der Waals surface area (Å²) in [5, 5.41) is 13.4. The Labute approximate surface area is 289 Å². The van der Waals surface area contributed by atoms with E-state index < -0.39 is 41.6 Å². The van der Waals surface area contributed by atoms with Crippen LogP contribution >= 0.6 is 23.1 Å². The molecule has 12 nitrogen and oxygen atoms in total. The SMILES string of the molecule is CCOC(=O)c1ccc(NC(=O)COc2ccc([C@H]3c4sc(=O)[nH]c4SC4C5CC(C6C(=O)N(C(C(=O)O)C(C)C)C(=O)C56)C43)cc2)cc1. The zero-order chi connectivity index (χ0) is 34.7. The van der Waals surface area contributed by atoms with Gasteiger partial charge in [0.2, 0.25) is 11.8 Å². The van der Waals surface area contributed by atoms with Crippen molar-refractivity contribution in [3.05, 3.63) is 74.2 Å². The molecular formula is C35H35N3O9S2. The molecule has 2 aliphatic carbocycles. The quantitative estimate of drug-likeness (QED) is 0.205. The second-order valence-corrected chi connectivity index (χ2v) is 15.4. The maximum absolute atomic E-state index is 13.9. The minimum atomic E-state index is -1.21. The molecule has 4 aliphatic rings. The van der Waals surface area contributed by atoms with Crippen molar-refractivity contribution >= 4 is 58.4 Å². The van der Waals surface area contributed by atoms with Crippen molar-refractivity contribution in [3.63, 3.8) is 0 Å². The lowest BCUT2D eigenvalue weighted by Crippen LogP contribution is -2.49. The lowest BCUT2D eigenvalue weighted by atomic mass is 9.68. The number of nitrogens with one attached hydrogen (secondary N) is 2. The first-order chi connectivity index (χ1) is 23.5. The third-order valence-electron chi connectivity index (χ3n) is 10.2. The average Bonchev–Trinajstić information content (AvgIpc) is 3.80. The van der Waals surface area contributed by atoms with E-state index in [9.17, 15) is 33.9 Å². The monoisotopic (exact) mass is 705 g/mol. The number of fused-ring (bicyclic) bond motifs is 9. The van der Waals surface area contributed by atoms with Crippen LogP contribution in [0.2, 0.25) is 0 Å². The molecule has 1 saturated heterocycles. The van der Waals surface area contributed by atoms with Gasteiger partial charge in [-0.1, -0.05) is 37.3 Å². The standard InChI is InChI=1S/C35H35N3O9S2/c1-4-46-34(44)17-5-9-18(10-6-17)36-22(39)14-47-19-11-7-16(8-12-19)23-24-20-13-21(28(24)48-30-29(23)49-35(45)37-30)26-25(20)31(40)38(32(26)41)27(15(2)3)33(42)43/h5-12,15,20-21,23-28H,4,13-14H2,1-3H3,(H,36,39)(H,37,45)(H,42,43)/t20?,21?,23-,24?,25?,26?,27?,28?/m1/s1. The molecule has 3 fully saturated rings. The molecule has 3 N–H and O–H groups in total. The van der Waals surface area contributed by atoms with E-state index in [0.29, 0.717) is 23.4 Å². The number of hydrogen-bond donors (Lipinski definition) is 3. The first-order valence-electron chi connectivity index (χ1n) is 16.3. The highest BCUT2D eigenvalue weighted by Gasteiger charge is 2.70. The molecule has 2 aromatic carbocycles. The predicted molar refractivity (Wildman–Crippen MR) is 180 cm³/mol. The molecule has 3 heterocycles. The lowest BCUT2D eigenvalue weighted by molar-refractivity contribution is -0.157. The Kier molecular flexibility index (Phi) is 8.64. The van der Waals surface area contributed by atoms with E-state index in [1.807, 2.05) is 12.1 Å². The Hall–Kier alpha value is -4.43. The van der Waals surface area contributed by atoms with Gasteiger partial charge in [0, 0.05) is 21.7 Å². The fourth-order valence-corrected chi connectivity index (χ4v) is 11.3. The van der Waals surface area contributed by atoms with Crippen LogP contribution in [0.5, 0.6) is 5.75 Å². The summed E-state index contributed by atoms with van der Waals surface area (Å²) in [7, 11) is 0. The van der Waals surface area contributed by atoms with E-state index in [-0.39, 0.29) is 58.8 Å². The number of carbonyl (C=O) groups is 5. The van der Waals surface area contributed by atoms with Crippen molar-refractivity contribution in [3.8, 4) is 5.75 Å². The highest BCUT2D eigenvalue weighted by Crippen LogP contribution is 2.68. The van der Waals surface area contributed by atoms with Crippen LogP contribution in [0.3, 0.4) is 0 Å². The van der Waals surface area contributed by atoms with Gasteiger partial charge in [0.05, 0.1) is 29.0 Å². The van der Waals surface area contributed by atoms with Crippen molar-refractivity contribution in [1.82, 2.24) is 9.88 Å². The van der Waals surface area contributed by atoms with Crippen LogP contribution in [0, 0.1) is 35.5 Å². The second-order valence-electron chi connectivity index (χ2n) is 13.2. The Morgan fingerprint density at radius 1 is 1.00 bits per heavy atom. The molecule has 2 saturated carbocycles. The van der Waals surface area contributed by atoms with Crippen molar-refractivity contribution in [2.75, 3.05) is 18.5 Å². The first-order valence-corrected chi connectivity index (χ1v) is 18.0. The number of rotatable bonds is 10. The normalized spacial score (nSPS) is 27.0. The zero-order valence-corrected chi connectivity index (χ0v) is 28.5. The van der Waals surface area contributed by atoms with E-state index >= 15 is 0 Å². The maximum atomic E-state index is 13.9. The third kappa shape index (κ3) is 5.64. The summed E-state index contributed by atoms with van der Waals surface area (Å²) in [6, 6.07) is 12.5. The molecule has 7 rings (SSSR count). The van der Waals surface area contributed by atoms with Crippen LogP contribution in [0.4, 0.5) is 5.69 Å². The Morgan fingerprint density at radius 2 is 1.67 bits per heavy atom. The molecule has 0 spiro atoms. The number of thioether (sulfide) groups is 1. The van der Waals surface area contributed by atoms with Crippen LogP contribution in [0.25, 0.3) is 0 Å². The fourth-order valence-electron chi connectivity index (χ4n) is 8.40. The summed E-state index contributed by atoms with van der Waals surface area (Å²) in [6.07, 6.45) is 0.694. The number of amides is 3. The van der Waals surface area contributed by atoms with Crippen LogP contribution in [0.15, 0.2) is 58.4 Å². The highest BCUT2D eigenvalue weighted by atomic mass is 32.2. The number of carboxylic acids is 1. The number of aromatic nitrogens is 1. The van der Waals surface area contributed by atoms with Gasteiger partial charge in [0.15, 0.2) is 6.61 Å². The highest BCUT2D eigenvalue weighted by molar-refractivity contribution is 8.00. The van der Waals surface area contributed by atoms with Crippen molar-refractivity contribution in [2.45, 2.75) is 49.4 Å². The number of ether oxygens (including phenoxy) is 2. The number of benzene rings is 2. The molecule has 2 aliphatic heterocycles. The number of anilines is 1. The van der Waals surface area contributed by atoms with Gasteiger partial charge >= 0.3 is 16.8 Å². The largest absolute Gasteiger partial charge is 0.484 e. The van der Waals surface area contributed by atoms with Gasteiger partial charge in [0.25, 0.3) is 5.91 Å². The summed E-state index contributed by atoms with van der Waals surface area (Å²) in [5.74, 6) is -4.40. The van der Waals surface area contributed by atoms with Crippen molar-refractivity contribution in [2.24, 2.45) is 35.5 Å². The fraction of sp³-hybridized carbons (Fsp3) is 0.429. The third-order valence-corrected chi connectivity index (χ3v) is 12.8. The molecule has 2 bridgehead atoms. The minimum Gasteiger partial charge on any atom is -0.484 e. The number of esters is 1. The number of nitrogens with zero attached hydrogens (tertiary/aromatic N) is 1. The van der Waals surface area contributed by atoms with Gasteiger partial charge in [-0.15, -0.1) is 11.8 Å². The number of H-pyrrole nitrogens is 1. The van der Waals surface area contributed by atoms with Crippen LogP contribution < -0.4 is 14.9 Å². The van der Waals surface area contributed by atoms with E-state index in [1.54, 1.807) is 68.9 Å². The minimum absolute atomic E-state index is 0.0287. The molecule has 7 unspecified atom stereocenters.